The molecule has 1 atom stereocenters. The first-order valence-corrected chi connectivity index (χ1v) is 9.30. The molecule has 1 N–H and O–H groups in total. The molecule has 0 saturated heterocycles. The van der Waals surface area contributed by atoms with Gasteiger partial charge < -0.3 is 9.84 Å². The molecule has 0 saturated carbocycles. The number of ether oxygens (including phenoxy) is 1. The van der Waals surface area contributed by atoms with E-state index in [2.05, 4.69) is 36.8 Å². The first kappa shape index (κ1) is 18.3. The lowest BCUT2D eigenvalue weighted by Crippen LogP contribution is -2.26. The van der Waals surface area contributed by atoms with Crippen LogP contribution in [0.2, 0.25) is 0 Å². The number of benzene rings is 1. The molecule has 0 amide bonds. The van der Waals surface area contributed by atoms with Crippen LogP contribution in [0.15, 0.2) is 49.3 Å². The molecule has 1 aromatic carbocycles. The van der Waals surface area contributed by atoms with Gasteiger partial charge in [0, 0.05) is 9.79 Å². The van der Waals surface area contributed by atoms with Crippen LogP contribution in [0.5, 0.6) is 5.75 Å². The van der Waals surface area contributed by atoms with Gasteiger partial charge in [-0.15, -0.1) is 0 Å². The maximum absolute atomic E-state index is 11.1. The zero-order valence-corrected chi connectivity index (χ0v) is 16.5. The fourth-order valence-electron chi connectivity index (χ4n) is 1.92. The van der Waals surface area contributed by atoms with Crippen LogP contribution in [-0.2, 0) is 4.79 Å². The summed E-state index contributed by atoms with van der Waals surface area (Å²) in [6, 6.07) is 9.59. The number of rotatable bonds is 6. The molecule has 122 valence electrons. The summed E-state index contributed by atoms with van der Waals surface area (Å²) in [5, 5.41) is 9.08. The molecule has 0 bridgehead atoms. The molecule has 2 aromatic rings. The summed E-state index contributed by atoms with van der Waals surface area (Å²) in [6.07, 6.45) is -0.399. The van der Waals surface area contributed by atoms with Gasteiger partial charge in [-0.1, -0.05) is 18.7 Å². The molecule has 7 heteroatoms. The third-order valence-corrected chi connectivity index (χ3v) is 4.81. The van der Waals surface area contributed by atoms with Gasteiger partial charge in [0.05, 0.1) is 0 Å². The highest BCUT2D eigenvalue weighted by molar-refractivity contribution is 9.11. The molecule has 0 aliphatic carbocycles. The molecule has 0 fully saturated rings. The minimum atomic E-state index is -0.947. The van der Waals surface area contributed by atoms with Crippen molar-refractivity contribution < 1.29 is 14.6 Å². The third-order valence-electron chi connectivity index (χ3n) is 3.03. The Morgan fingerprint density at radius 1 is 1.26 bits per heavy atom. The summed E-state index contributed by atoms with van der Waals surface area (Å²) in [5.41, 5.74) is 0.905. The number of aromatic nitrogens is 1. The van der Waals surface area contributed by atoms with Crippen molar-refractivity contribution in [2.45, 2.75) is 36.2 Å². The molecule has 4 nitrogen and oxygen atoms in total. The minimum absolute atomic E-state index is 0.421. The summed E-state index contributed by atoms with van der Waals surface area (Å²) in [5.74, 6) is -0.350. The number of hydrogen-bond donors (Lipinski definition) is 1. The van der Waals surface area contributed by atoms with Crippen molar-refractivity contribution in [3.05, 3.63) is 45.1 Å². The van der Waals surface area contributed by atoms with Crippen LogP contribution < -0.4 is 4.74 Å². The fraction of sp³-hybridized carbons (Fsp3) is 0.250. The van der Waals surface area contributed by atoms with Crippen molar-refractivity contribution in [3.8, 4) is 5.75 Å². The van der Waals surface area contributed by atoms with Gasteiger partial charge in [0.1, 0.15) is 15.0 Å². The Morgan fingerprint density at radius 2 is 1.91 bits per heavy atom. The highest BCUT2D eigenvalue weighted by Crippen LogP contribution is 2.33. The van der Waals surface area contributed by atoms with Crippen LogP contribution in [0.25, 0.3) is 0 Å². The van der Waals surface area contributed by atoms with Crippen LogP contribution in [0.3, 0.4) is 0 Å². The Hall–Kier alpha value is -1.05. The normalized spacial score (nSPS) is 12.0. The number of aryl methyl sites for hydroxylation is 1. The molecule has 23 heavy (non-hydrogen) atoms. The standard InChI is InChI=1S/C16H15Br2NO3S/c1-3-12(16(20)21)22-13-5-4-10(6-9(13)2)23-11-7-14(17)19-15(18)8-11/h4-8,12H,3H2,1-2H3,(H,20,21). The topological polar surface area (TPSA) is 59.4 Å². The van der Waals surface area contributed by atoms with E-state index in [1.54, 1.807) is 18.7 Å². The Bertz CT molecular complexity index is 704. The van der Waals surface area contributed by atoms with Gasteiger partial charge in [-0.3, -0.25) is 0 Å². The third kappa shape index (κ3) is 5.22. The SMILES string of the molecule is CCC(Oc1ccc(Sc2cc(Br)nc(Br)c2)cc1C)C(=O)O. The molecule has 0 spiro atoms. The molecule has 1 aromatic heterocycles. The van der Waals surface area contributed by atoms with Gasteiger partial charge in [-0.05, 0) is 81.1 Å². The maximum atomic E-state index is 11.1. The summed E-state index contributed by atoms with van der Waals surface area (Å²) in [7, 11) is 0. The predicted octanol–water partition coefficient (Wildman–Crippen LogP) is 5.31. The van der Waals surface area contributed by atoms with Gasteiger partial charge in [0.15, 0.2) is 6.10 Å². The van der Waals surface area contributed by atoms with Gasteiger partial charge in [0.2, 0.25) is 0 Å². The Balaban J connectivity index is 2.17. The minimum Gasteiger partial charge on any atom is -0.479 e. The van der Waals surface area contributed by atoms with Gasteiger partial charge in [-0.2, -0.15) is 0 Å². The molecule has 0 aliphatic rings. The van der Waals surface area contributed by atoms with Crippen molar-refractivity contribution in [2.75, 3.05) is 0 Å². The lowest BCUT2D eigenvalue weighted by atomic mass is 10.2. The van der Waals surface area contributed by atoms with Crippen molar-refractivity contribution in [1.29, 1.82) is 0 Å². The van der Waals surface area contributed by atoms with Crippen molar-refractivity contribution in [3.63, 3.8) is 0 Å². The largest absolute Gasteiger partial charge is 0.479 e. The Labute approximate surface area is 155 Å². The summed E-state index contributed by atoms with van der Waals surface area (Å²) >= 11 is 8.34. The number of carboxylic acids is 1. The summed E-state index contributed by atoms with van der Waals surface area (Å²) in [4.78, 5) is 17.4. The van der Waals surface area contributed by atoms with Crippen molar-refractivity contribution in [2.24, 2.45) is 0 Å². The average Bonchev–Trinajstić information content (AvgIpc) is 2.45. The zero-order valence-electron chi connectivity index (χ0n) is 12.5. The number of aliphatic carboxylic acids is 1. The van der Waals surface area contributed by atoms with E-state index in [4.69, 9.17) is 9.84 Å². The van der Waals surface area contributed by atoms with Gasteiger partial charge in [-0.25, -0.2) is 9.78 Å². The first-order valence-electron chi connectivity index (χ1n) is 6.90. The monoisotopic (exact) mass is 459 g/mol. The van der Waals surface area contributed by atoms with Crippen LogP contribution in [0.1, 0.15) is 18.9 Å². The second-order valence-corrected chi connectivity index (χ2v) is 7.60. The average molecular weight is 461 g/mol. The lowest BCUT2D eigenvalue weighted by Gasteiger charge is -2.15. The van der Waals surface area contributed by atoms with E-state index in [9.17, 15) is 4.79 Å². The predicted molar refractivity (Wildman–Crippen MR) is 97.3 cm³/mol. The van der Waals surface area contributed by atoms with Crippen LogP contribution in [0, 0.1) is 6.92 Å². The molecule has 2 rings (SSSR count). The van der Waals surface area contributed by atoms with E-state index in [0.29, 0.717) is 12.2 Å². The van der Waals surface area contributed by atoms with E-state index in [1.807, 2.05) is 37.3 Å². The molecule has 1 heterocycles. The van der Waals surface area contributed by atoms with E-state index >= 15 is 0 Å². The smallest absolute Gasteiger partial charge is 0.344 e. The molecule has 1 unspecified atom stereocenters. The van der Waals surface area contributed by atoms with Crippen molar-refractivity contribution >= 4 is 49.6 Å². The second kappa shape index (κ2) is 8.17. The molecular weight excluding hydrogens is 446 g/mol. The van der Waals surface area contributed by atoms with E-state index < -0.39 is 12.1 Å². The second-order valence-electron chi connectivity index (χ2n) is 4.83. The quantitative estimate of drug-likeness (QED) is 0.592. The van der Waals surface area contributed by atoms with Crippen molar-refractivity contribution in [1.82, 2.24) is 4.98 Å². The first-order chi connectivity index (χ1) is 10.9. The highest BCUT2D eigenvalue weighted by atomic mass is 79.9. The number of carboxylic acid groups (broad SMARTS) is 1. The maximum Gasteiger partial charge on any atom is 0.344 e. The van der Waals surface area contributed by atoms with E-state index in [-0.39, 0.29) is 0 Å². The number of hydrogen-bond acceptors (Lipinski definition) is 4. The van der Waals surface area contributed by atoms with Crippen LogP contribution in [-0.4, -0.2) is 22.2 Å². The number of halogens is 2. The Morgan fingerprint density at radius 3 is 2.43 bits per heavy atom. The van der Waals surface area contributed by atoms with Crippen LogP contribution in [0.4, 0.5) is 0 Å². The number of carbonyl (C=O) groups is 1. The number of pyridine rings is 1. The Kier molecular flexibility index (Phi) is 6.50. The molecule has 0 radical (unpaired) electrons. The van der Waals surface area contributed by atoms with E-state index in [1.165, 1.54) is 0 Å². The highest BCUT2D eigenvalue weighted by Gasteiger charge is 2.17. The van der Waals surface area contributed by atoms with Gasteiger partial charge >= 0.3 is 5.97 Å². The summed E-state index contributed by atoms with van der Waals surface area (Å²) in [6.45, 7) is 3.70. The lowest BCUT2D eigenvalue weighted by molar-refractivity contribution is -0.145. The van der Waals surface area contributed by atoms with Gasteiger partial charge in [0.25, 0.3) is 0 Å². The number of nitrogens with zero attached hydrogens (tertiary/aromatic N) is 1. The van der Waals surface area contributed by atoms with Crippen LogP contribution >= 0.6 is 43.6 Å². The zero-order chi connectivity index (χ0) is 17.0. The summed E-state index contributed by atoms with van der Waals surface area (Å²) < 4.78 is 7.09. The van der Waals surface area contributed by atoms with E-state index in [0.717, 1.165) is 24.6 Å². The molecule has 0 aliphatic heterocycles. The fourth-order valence-corrected chi connectivity index (χ4v) is 4.32. The molecular formula is C16H15Br2NO3S.